The highest BCUT2D eigenvalue weighted by atomic mass is 16.6. The lowest BCUT2D eigenvalue weighted by atomic mass is 10.1. The first-order valence-electron chi connectivity index (χ1n) is 14.0. The first-order chi connectivity index (χ1) is 19.4. The van der Waals surface area contributed by atoms with Gasteiger partial charge in [-0.05, 0) is 66.1 Å². The monoisotopic (exact) mass is 570 g/mol. The predicted molar refractivity (Wildman–Crippen MR) is 160 cm³/mol. The van der Waals surface area contributed by atoms with Crippen LogP contribution in [0.1, 0.15) is 44.7 Å². The molecular weight excluding hydrogens is 528 g/mol. The van der Waals surface area contributed by atoms with Crippen molar-refractivity contribution in [3.8, 4) is 0 Å². The van der Waals surface area contributed by atoms with E-state index in [0.717, 1.165) is 56.9 Å². The number of amides is 1. The zero-order valence-electron chi connectivity index (χ0n) is 24.7. The molecule has 0 unspecified atom stereocenters. The van der Waals surface area contributed by atoms with Gasteiger partial charge in [-0.15, -0.1) is 0 Å². The standard InChI is InChI=1S/C17H25N3O4.C12H17N3O2/c1-13-6-7-14(12-15(13)20(22)23)18-8-5-9-19(11-10-18)16(21)24-17(2,3)4;1-10-3-4-11(9-12(10)15(16)17)14-7-2-5-13-6-8-14/h6-7,12H,5,8-11H2,1-4H3;3-4,9,13H,2,5-8H2,1H3. The van der Waals surface area contributed by atoms with E-state index in [0.29, 0.717) is 30.8 Å². The second-order valence-corrected chi connectivity index (χ2v) is 11.4. The Bertz CT molecular complexity index is 1220. The first-order valence-corrected chi connectivity index (χ1v) is 14.0. The molecule has 2 fully saturated rings. The molecule has 0 bridgehead atoms. The maximum absolute atomic E-state index is 12.2. The highest BCUT2D eigenvalue weighted by Gasteiger charge is 2.25. The van der Waals surface area contributed by atoms with Gasteiger partial charge in [-0.1, -0.05) is 12.1 Å². The Morgan fingerprint density at radius 2 is 1.32 bits per heavy atom. The molecule has 2 aliphatic rings. The molecule has 41 heavy (non-hydrogen) atoms. The van der Waals surface area contributed by atoms with Crippen LogP contribution in [0, 0.1) is 34.1 Å². The number of nitro benzene ring substituents is 2. The number of anilines is 2. The molecule has 0 atom stereocenters. The number of hydrogen-bond donors (Lipinski definition) is 1. The van der Waals surface area contributed by atoms with Crippen molar-refractivity contribution in [2.45, 2.75) is 53.1 Å². The SMILES string of the molecule is Cc1ccc(N2CCCN(C(=O)OC(C)(C)C)CC2)cc1[N+](=O)[O-].Cc1ccc(N2CCCNCC2)cc1[N+](=O)[O-]. The van der Waals surface area contributed by atoms with Gasteiger partial charge in [-0.3, -0.25) is 20.2 Å². The number of nitrogens with one attached hydrogen (secondary N) is 1. The third kappa shape index (κ3) is 9.31. The molecule has 0 saturated carbocycles. The lowest BCUT2D eigenvalue weighted by molar-refractivity contribution is -0.385. The van der Waals surface area contributed by atoms with Crippen LogP contribution in [-0.4, -0.2) is 78.8 Å². The molecule has 2 aliphatic heterocycles. The van der Waals surface area contributed by atoms with Crippen LogP contribution in [0.5, 0.6) is 0 Å². The minimum absolute atomic E-state index is 0.126. The van der Waals surface area contributed by atoms with Crippen molar-refractivity contribution in [1.29, 1.82) is 0 Å². The first kappa shape index (κ1) is 31.6. The van der Waals surface area contributed by atoms with Crippen molar-refractivity contribution in [3.05, 3.63) is 67.8 Å². The number of nitrogens with zero attached hydrogens (tertiary/aromatic N) is 5. The van der Waals surface area contributed by atoms with Crippen LogP contribution in [-0.2, 0) is 4.74 Å². The van der Waals surface area contributed by atoms with Gasteiger partial charge in [0.05, 0.1) is 9.85 Å². The summed E-state index contributed by atoms with van der Waals surface area (Å²) < 4.78 is 5.42. The van der Waals surface area contributed by atoms with Gasteiger partial charge in [-0.2, -0.15) is 0 Å². The number of rotatable bonds is 4. The van der Waals surface area contributed by atoms with Crippen molar-refractivity contribution < 1.29 is 19.4 Å². The molecule has 224 valence electrons. The van der Waals surface area contributed by atoms with Crippen LogP contribution in [0.3, 0.4) is 0 Å². The zero-order chi connectivity index (χ0) is 30.2. The largest absolute Gasteiger partial charge is 0.444 e. The fraction of sp³-hybridized carbons (Fsp3) is 0.552. The lowest BCUT2D eigenvalue weighted by Gasteiger charge is -2.27. The summed E-state index contributed by atoms with van der Waals surface area (Å²) in [6.45, 7) is 15.4. The summed E-state index contributed by atoms with van der Waals surface area (Å²) in [7, 11) is 0. The Labute approximate surface area is 241 Å². The fourth-order valence-corrected chi connectivity index (χ4v) is 4.77. The van der Waals surface area contributed by atoms with Gasteiger partial charge in [0.1, 0.15) is 5.60 Å². The second-order valence-electron chi connectivity index (χ2n) is 11.4. The summed E-state index contributed by atoms with van der Waals surface area (Å²) in [5.74, 6) is 0. The summed E-state index contributed by atoms with van der Waals surface area (Å²) in [4.78, 5) is 39.5. The van der Waals surface area contributed by atoms with E-state index in [1.54, 1.807) is 36.9 Å². The van der Waals surface area contributed by atoms with Crippen LogP contribution < -0.4 is 15.1 Å². The molecule has 2 heterocycles. The van der Waals surface area contributed by atoms with E-state index < -0.39 is 5.60 Å². The van der Waals surface area contributed by atoms with E-state index in [1.165, 1.54) is 0 Å². The van der Waals surface area contributed by atoms with E-state index >= 15 is 0 Å². The molecule has 2 aromatic carbocycles. The Hall–Kier alpha value is -3.93. The van der Waals surface area contributed by atoms with Crippen molar-refractivity contribution in [2.75, 3.05) is 62.2 Å². The van der Waals surface area contributed by atoms with Gasteiger partial charge in [-0.25, -0.2) is 4.79 Å². The van der Waals surface area contributed by atoms with Crippen LogP contribution in [0.4, 0.5) is 27.5 Å². The molecular formula is C29H42N6O6. The van der Waals surface area contributed by atoms with E-state index in [1.807, 2.05) is 39.0 Å². The van der Waals surface area contributed by atoms with Crippen LogP contribution >= 0.6 is 0 Å². The highest BCUT2D eigenvalue weighted by Crippen LogP contribution is 2.27. The molecule has 12 heteroatoms. The molecule has 1 amide bonds. The number of benzene rings is 2. The maximum atomic E-state index is 12.2. The van der Waals surface area contributed by atoms with E-state index in [2.05, 4.69) is 15.1 Å². The smallest absolute Gasteiger partial charge is 0.410 e. The highest BCUT2D eigenvalue weighted by molar-refractivity contribution is 5.68. The third-order valence-electron chi connectivity index (χ3n) is 7.00. The number of hydrogen-bond acceptors (Lipinski definition) is 9. The number of nitro groups is 2. The molecule has 0 spiro atoms. The van der Waals surface area contributed by atoms with E-state index in [-0.39, 0.29) is 27.3 Å². The molecule has 12 nitrogen and oxygen atoms in total. The van der Waals surface area contributed by atoms with Crippen molar-refractivity contribution in [1.82, 2.24) is 10.2 Å². The minimum Gasteiger partial charge on any atom is -0.444 e. The molecule has 0 aliphatic carbocycles. The Balaban J connectivity index is 0.000000239. The number of ether oxygens (including phenoxy) is 1. The maximum Gasteiger partial charge on any atom is 0.410 e. The van der Waals surface area contributed by atoms with Crippen LogP contribution in [0.2, 0.25) is 0 Å². The number of aryl methyl sites for hydroxylation is 2. The van der Waals surface area contributed by atoms with Gasteiger partial charge in [0.2, 0.25) is 0 Å². The van der Waals surface area contributed by atoms with Gasteiger partial charge in [0.15, 0.2) is 0 Å². The topological polar surface area (TPSA) is 134 Å². The fourth-order valence-electron chi connectivity index (χ4n) is 4.77. The molecule has 0 radical (unpaired) electrons. The number of carbonyl (C=O) groups is 1. The molecule has 0 aromatic heterocycles. The van der Waals surface area contributed by atoms with Crippen molar-refractivity contribution >= 4 is 28.8 Å². The van der Waals surface area contributed by atoms with Gasteiger partial charge in [0.25, 0.3) is 11.4 Å². The van der Waals surface area contributed by atoms with Crippen LogP contribution in [0.15, 0.2) is 36.4 Å². The summed E-state index contributed by atoms with van der Waals surface area (Å²) in [5, 5.41) is 25.3. The number of carbonyl (C=O) groups excluding carboxylic acids is 1. The summed E-state index contributed by atoms with van der Waals surface area (Å²) in [5.41, 5.74) is 2.95. The summed E-state index contributed by atoms with van der Waals surface area (Å²) in [6.07, 6.45) is 1.56. The Kier molecular flexibility index (Phi) is 10.9. The quantitative estimate of drug-likeness (QED) is 0.396. The van der Waals surface area contributed by atoms with Gasteiger partial charge >= 0.3 is 6.09 Å². The van der Waals surface area contributed by atoms with Gasteiger partial charge in [0, 0.05) is 80.4 Å². The molecule has 2 aromatic rings. The predicted octanol–water partition coefficient (Wildman–Crippen LogP) is 5.05. The van der Waals surface area contributed by atoms with E-state index in [4.69, 9.17) is 4.74 Å². The normalized spacial score (nSPS) is 16.2. The van der Waals surface area contributed by atoms with E-state index in [9.17, 15) is 25.0 Å². The van der Waals surface area contributed by atoms with Crippen LogP contribution in [0.25, 0.3) is 0 Å². The average molecular weight is 571 g/mol. The Morgan fingerprint density at radius 3 is 1.85 bits per heavy atom. The second kappa shape index (κ2) is 14.1. The molecule has 2 saturated heterocycles. The summed E-state index contributed by atoms with van der Waals surface area (Å²) in [6, 6.07) is 10.7. The molecule has 1 N–H and O–H groups in total. The summed E-state index contributed by atoms with van der Waals surface area (Å²) >= 11 is 0. The van der Waals surface area contributed by atoms with Crippen molar-refractivity contribution in [2.24, 2.45) is 0 Å². The van der Waals surface area contributed by atoms with Gasteiger partial charge < -0.3 is 24.8 Å². The van der Waals surface area contributed by atoms with Crippen molar-refractivity contribution in [3.63, 3.8) is 0 Å². The minimum atomic E-state index is -0.513. The molecule has 4 rings (SSSR count). The average Bonchev–Trinajstić information content (AvgIpc) is 3.32. The third-order valence-corrected chi connectivity index (χ3v) is 7.00. The Morgan fingerprint density at radius 1 is 0.780 bits per heavy atom. The lowest BCUT2D eigenvalue weighted by Crippen LogP contribution is -2.39. The zero-order valence-corrected chi connectivity index (χ0v) is 24.7.